The van der Waals surface area contributed by atoms with Gasteiger partial charge in [0.2, 0.25) is 0 Å². The number of piperidine rings is 1. The van der Waals surface area contributed by atoms with Crippen LogP contribution in [-0.4, -0.2) is 29.7 Å². The quantitative estimate of drug-likeness (QED) is 0.356. The Labute approximate surface area is 174 Å². The zero-order chi connectivity index (χ0) is 18.5. The second-order valence-corrected chi connectivity index (χ2v) is 13.7. The number of nitrogens with zero attached hydrogens (tertiary/aromatic N) is 1. The van der Waals surface area contributed by atoms with Crippen LogP contribution in [0.2, 0.25) is 0 Å². The van der Waals surface area contributed by atoms with Crippen LogP contribution in [0.25, 0.3) is 0 Å². The van der Waals surface area contributed by atoms with Crippen molar-refractivity contribution in [1.29, 1.82) is 0 Å². The average molecular weight is 539 g/mol. The summed E-state index contributed by atoms with van der Waals surface area (Å²) in [6.07, 6.45) is 4.01. The van der Waals surface area contributed by atoms with Crippen molar-refractivity contribution < 1.29 is 19.4 Å². The van der Waals surface area contributed by atoms with E-state index in [9.17, 15) is 0 Å². The molecule has 1 nitrogen and oxygen atoms in total. The minimum absolute atomic E-state index is 1.21. The Hall–Kier alpha value is -1.60. The van der Waals surface area contributed by atoms with Crippen molar-refractivity contribution in [2.45, 2.75) is 19.3 Å². The number of hydrogen-bond acceptors (Lipinski definition) is 1. The van der Waals surface area contributed by atoms with E-state index in [4.69, 9.17) is 0 Å². The normalized spacial score (nSPS) is 15.4. The molecule has 3 heteroatoms. The molecule has 1 aliphatic heterocycles. The molecule has 0 saturated carbocycles. The van der Waals surface area contributed by atoms with Crippen LogP contribution in [0, 0.1) is 0 Å². The van der Waals surface area contributed by atoms with Crippen molar-refractivity contribution in [1.82, 2.24) is 4.90 Å². The van der Waals surface area contributed by atoms with E-state index in [1.54, 1.807) is 23.0 Å². The fraction of sp³-hybridized carbons (Fsp3) is 0.208. The second kappa shape index (κ2) is 8.60. The van der Waals surface area contributed by atoms with E-state index in [2.05, 4.69) is 95.9 Å². The molecule has 1 saturated heterocycles. The standard InChI is InChI=1S/C24H25NSi.W/c1-5-13-22(14-6-1)26(23-15-7-2-8-16-23,24-17-9-3-10-18-24)21-25-19-11-4-12-20-25;/h1-3,5-10,13-18H,4,11-12,19-20H2;. The molecule has 3 aromatic rings. The molecule has 0 N–H and O–H groups in total. The van der Waals surface area contributed by atoms with Crippen LogP contribution in [0.3, 0.4) is 0 Å². The maximum absolute atomic E-state index is 2.72. The van der Waals surface area contributed by atoms with Crippen LogP contribution in [0.5, 0.6) is 0 Å². The van der Waals surface area contributed by atoms with Gasteiger partial charge in [-0.2, -0.15) is 0 Å². The van der Waals surface area contributed by atoms with Crippen LogP contribution in [-0.2, 0) is 19.4 Å². The first-order chi connectivity index (χ1) is 13.3. The first kappa shape index (κ1) is 18.7. The Balaban J connectivity index is 1.99. The van der Waals surface area contributed by atoms with Crippen molar-refractivity contribution in [3.63, 3.8) is 0 Å². The molecular formula is C24H25NSiW. The molecule has 0 spiro atoms. The van der Waals surface area contributed by atoms with E-state index in [0.29, 0.717) is 0 Å². The van der Waals surface area contributed by atoms with E-state index in [1.807, 2.05) is 0 Å². The van der Waals surface area contributed by atoms with Gasteiger partial charge in [0.1, 0.15) is 0 Å². The monoisotopic (exact) mass is 539 g/mol. The topological polar surface area (TPSA) is 3.24 Å². The summed E-state index contributed by atoms with van der Waals surface area (Å²) < 4.78 is 1.66. The predicted molar refractivity (Wildman–Crippen MR) is 114 cm³/mol. The molecule has 0 unspecified atom stereocenters. The molecule has 1 heterocycles. The fourth-order valence-corrected chi connectivity index (χ4v) is 13.3. The predicted octanol–water partition coefficient (Wildman–Crippen LogP) is 2.86. The zero-order valence-corrected chi connectivity index (χ0v) is 19.5. The minimum atomic E-state index is -2.24. The van der Waals surface area contributed by atoms with E-state index < -0.39 is 8.07 Å². The first-order valence-corrected chi connectivity index (χ1v) is 13.3. The van der Waals surface area contributed by atoms with Crippen molar-refractivity contribution in [3.8, 4) is 0 Å². The molecule has 0 bridgehead atoms. The van der Waals surface area contributed by atoms with Crippen LogP contribution in [0.4, 0.5) is 0 Å². The maximum atomic E-state index is 2.72. The van der Waals surface area contributed by atoms with Crippen LogP contribution in [0.15, 0.2) is 91.0 Å². The van der Waals surface area contributed by atoms with Gasteiger partial charge < -0.3 is 0 Å². The summed E-state index contributed by atoms with van der Waals surface area (Å²) in [4.78, 5) is 2.72. The molecule has 27 heavy (non-hydrogen) atoms. The Morgan fingerprint density at radius 1 is 0.593 bits per heavy atom. The molecule has 0 aromatic heterocycles. The van der Waals surface area contributed by atoms with Gasteiger partial charge in [0.15, 0.2) is 0 Å². The van der Waals surface area contributed by atoms with Gasteiger partial charge in [-0.25, -0.2) is 0 Å². The van der Waals surface area contributed by atoms with Gasteiger partial charge in [-0.3, -0.25) is 0 Å². The summed E-state index contributed by atoms with van der Waals surface area (Å²) >= 11 is 1.62. The molecule has 0 radical (unpaired) electrons. The van der Waals surface area contributed by atoms with Gasteiger partial charge in [0.05, 0.1) is 0 Å². The summed E-state index contributed by atoms with van der Waals surface area (Å²) in [5.74, 6) is 0. The Morgan fingerprint density at radius 2 is 0.963 bits per heavy atom. The Kier molecular flexibility index (Phi) is 5.97. The third-order valence-electron chi connectivity index (χ3n) is 5.58. The number of rotatable bonds is 5. The van der Waals surface area contributed by atoms with Gasteiger partial charge in [-0.1, -0.05) is 0 Å². The number of likely N-dealkylation sites (tertiary alicyclic amines) is 1. The molecule has 136 valence electrons. The summed E-state index contributed by atoms with van der Waals surface area (Å²) in [7, 11) is -2.24. The molecule has 1 aliphatic rings. The van der Waals surface area contributed by atoms with Crippen LogP contribution >= 0.6 is 0 Å². The molecule has 0 aliphatic carbocycles. The average Bonchev–Trinajstić information content (AvgIpc) is 2.77. The number of benzene rings is 3. The summed E-state index contributed by atoms with van der Waals surface area (Å²) in [5.41, 5.74) is 0. The van der Waals surface area contributed by atoms with E-state index in [0.717, 1.165) is 0 Å². The zero-order valence-electron chi connectivity index (χ0n) is 15.6. The molecule has 0 atom stereocenters. The van der Waals surface area contributed by atoms with Crippen LogP contribution < -0.4 is 15.6 Å². The van der Waals surface area contributed by atoms with E-state index >= 15 is 0 Å². The van der Waals surface area contributed by atoms with Crippen LogP contribution in [0.1, 0.15) is 19.3 Å². The van der Waals surface area contributed by atoms with E-state index in [1.165, 1.54) is 47.9 Å². The second-order valence-electron chi connectivity index (χ2n) is 7.20. The van der Waals surface area contributed by atoms with Crippen molar-refractivity contribution >= 4 is 27.3 Å². The Morgan fingerprint density at radius 3 is 1.33 bits per heavy atom. The van der Waals surface area contributed by atoms with Crippen molar-refractivity contribution in [2.24, 2.45) is 0 Å². The van der Waals surface area contributed by atoms with Gasteiger partial charge in [-0.15, -0.1) is 0 Å². The summed E-state index contributed by atoms with van der Waals surface area (Å²) in [5, 5.41) is 4.49. The summed E-state index contributed by atoms with van der Waals surface area (Å²) in [6.45, 7) is 2.42. The van der Waals surface area contributed by atoms with Crippen molar-refractivity contribution in [2.75, 3.05) is 13.1 Å². The Bertz CT molecular complexity index is 777. The third kappa shape index (κ3) is 3.59. The molecule has 1 fully saturated rings. The molecule has 3 aromatic carbocycles. The third-order valence-corrected chi connectivity index (χ3v) is 14.4. The molecule has 0 amide bonds. The van der Waals surface area contributed by atoms with Gasteiger partial charge in [-0.05, 0) is 0 Å². The van der Waals surface area contributed by atoms with Crippen molar-refractivity contribution in [3.05, 3.63) is 91.0 Å². The molecular weight excluding hydrogens is 514 g/mol. The summed E-state index contributed by atoms with van der Waals surface area (Å²) in [6, 6.07) is 33.8. The van der Waals surface area contributed by atoms with Gasteiger partial charge >= 0.3 is 175 Å². The van der Waals surface area contributed by atoms with Gasteiger partial charge in [0, 0.05) is 0 Å². The number of hydrogen-bond donors (Lipinski definition) is 0. The van der Waals surface area contributed by atoms with Gasteiger partial charge in [0.25, 0.3) is 0 Å². The first-order valence-electron chi connectivity index (χ1n) is 9.79. The SMILES string of the molecule is [W]=[C](N1CCCCC1)[Si](c1ccccc1)(c1ccccc1)c1ccccc1. The molecule has 4 rings (SSSR count). The van der Waals surface area contributed by atoms with E-state index in [-0.39, 0.29) is 0 Å². The fourth-order valence-electron chi connectivity index (χ4n) is 4.27.